The third-order valence-electron chi connectivity index (χ3n) is 4.72. The predicted octanol–water partition coefficient (Wildman–Crippen LogP) is 3.16. The van der Waals surface area contributed by atoms with Crippen molar-refractivity contribution in [3.8, 4) is 11.5 Å². The SMILES string of the molecule is CNC(=O)[C@H](C)N(Cc1cccc(Cl)c1)C(=O)CCc1ccc2c(c1)OCO2. The standard InChI is InChI=1S/C21H23ClN2O4/c1-14(21(26)23-2)24(12-16-4-3-5-17(22)10-16)20(25)9-7-15-6-8-18-19(11-15)28-13-27-18/h3-6,8,10-11,14H,7,9,12-13H2,1-2H3,(H,23,26)/t14-/m0/s1. The molecule has 0 saturated carbocycles. The second kappa shape index (κ2) is 8.97. The summed E-state index contributed by atoms with van der Waals surface area (Å²) in [4.78, 5) is 26.7. The van der Waals surface area contributed by atoms with Crippen LogP contribution in [0.1, 0.15) is 24.5 Å². The van der Waals surface area contributed by atoms with Crippen LogP contribution in [0.5, 0.6) is 11.5 Å². The number of nitrogens with one attached hydrogen (secondary N) is 1. The highest BCUT2D eigenvalue weighted by Crippen LogP contribution is 2.32. The van der Waals surface area contributed by atoms with Crippen molar-refractivity contribution in [3.63, 3.8) is 0 Å². The van der Waals surface area contributed by atoms with Gasteiger partial charge in [-0.2, -0.15) is 0 Å². The molecule has 0 saturated heterocycles. The van der Waals surface area contributed by atoms with Crippen molar-refractivity contribution in [1.29, 1.82) is 0 Å². The van der Waals surface area contributed by atoms with Crippen LogP contribution in [0.3, 0.4) is 0 Å². The molecule has 2 aromatic rings. The van der Waals surface area contributed by atoms with Crippen LogP contribution in [0.2, 0.25) is 5.02 Å². The third kappa shape index (κ3) is 4.75. The molecule has 1 aliphatic heterocycles. The molecule has 28 heavy (non-hydrogen) atoms. The zero-order valence-electron chi connectivity index (χ0n) is 15.9. The van der Waals surface area contributed by atoms with E-state index in [-0.39, 0.29) is 25.0 Å². The van der Waals surface area contributed by atoms with E-state index in [1.54, 1.807) is 31.0 Å². The molecule has 6 nitrogen and oxygen atoms in total. The van der Waals surface area contributed by atoms with Gasteiger partial charge in [-0.05, 0) is 48.7 Å². The first-order chi connectivity index (χ1) is 13.5. The van der Waals surface area contributed by atoms with E-state index in [9.17, 15) is 9.59 Å². The van der Waals surface area contributed by atoms with Crippen molar-refractivity contribution < 1.29 is 19.1 Å². The van der Waals surface area contributed by atoms with Crippen molar-refractivity contribution >= 4 is 23.4 Å². The molecule has 0 spiro atoms. The molecule has 0 radical (unpaired) electrons. The van der Waals surface area contributed by atoms with Crippen molar-refractivity contribution in [2.24, 2.45) is 0 Å². The normalized spacial score (nSPS) is 13.1. The highest BCUT2D eigenvalue weighted by molar-refractivity contribution is 6.30. The van der Waals surface area contributed by atoms with Gasteiger partial charge in [0.25, 0.3) is 0 Å². The maximum absolute atomic E-state index is 13.0. The fourth-order valence-corrected chi connectivity index (χ4v) is 3.33. The summed E-state index contributed by atoms with van der Waals surface area (Å²) in [7, 11) is 1.56. The van der Waals surface area contributed by atoms with Crippen LogP contribution >= 0.6 is 11.6 Å². The molecule has 7 heteroatoms. The second-order valence-electron chi connectivity index (χ2n) is 6.63. The number of hydrogen-bond acceptors (Lipinski definition) is 4. The molecule has 0 bridgehead atoms. The van der Waals surface area contributed by atoms with E-state index in [2.05, 4.69) is 5.32 Å². The van der Waals surface area contributed by atoms with Gasteiger partial charge in [0.05, 0.1) is 0 Å². The summed E-state index contributed by atoms with van der Waals surface area (Å²) < 4.78 is 10.7. The molecule has 2 aromatic carbocycles. The summed E-state index contributed by atoms with van der Waals surface area (Å²) in [6.07, 6.45) is 0.823. The minimum Gasteiger partial charge on any atom is -0.454 e. The van der Waals surface area contributed by atoms with Crippen LogP contribution in [0, 0.1) is 0 Å². The van der Waals surface area contributed by atoms with E-state index < -0.39 is 6.04 Å². The van der Waals surface area contributed by atoms with Gasteiger partial charge in [0.1, 0.15) is 6.04 Å². The molecular weight excluding hydrogens is 380 g/mol. The molecular formula is C21H23ClN2O4. The van der Waals surface area contributed by atoms with Gasteiger partial charge in [-0.1, -0.05) is 29.8 Å². The van der Waals surface area contributed by atoms with Crippen LogP contribution < -0.4 is 14.8 Å². The number of hydrogen-bond donors (Lipinski definition) is 1. The molecule has 1 N–H and O–H groups in total. The maximum atomic E-state index is 13.0. The number of aryl methyl sites for hydroxylation is 1. The number of halogens is 1. The minimum atomic E-state index is -0.590. The van der Waals surface area contributed by atoms with Gasteiger partial charge in [0, 0.05) is 25.0 Å². The molecule has 2 amide bonds. The van der Waals surface area contributed by atoms with E-state index in [1.165, 1.54) is 0 Å². The quantitative estimate of drug-likeness (QED) is 0.772. The third-order valence-corrected chi connectivity index (χ3v) is 4.96. The molecule has 1 atom stereocenters. The Kier molecular flexibility index (Phi) is 6.41. The number of amides is 2. The topological polar surface area (TPSA) is 67.9 Å². The molecule has 1 aliphatic rings. The highest BCUT2D eigenvalue weighted by Gasteiger charge is 2.25. The number of likely N-dealkylation sites (N-methyl/N-ethyl adjacent to an activating group) is 1. The van der Waals surface area contributed by atoms with E-state index in [4.69, 9.17) is 21.1 Å². The van der Waals surface area contributed by atoms with Gasteiger partial charge in [0.2, 0.25) is 18.6 Å². The van der Waals surface area contributed by atoms with E-state index >= 15 is 0 Å². The van der Waals surface area contributed by atoms with E-state index in [1.807, 2.05) is 30.3 Å². The van der Waals surface area contributed by atoms with Crippen LogP contribution in [-0.2, 0) is 22.6 Å². The maximum Gasteiger partial charge on any atom is 0.242 e. The van der Waals surface area contributed by atoms with Gasteiger partial charge in [-0.25, -0.2) is 0 Å². The van der Waals surface area contributed by atoms with Crippen LogP contribution in [0.15, 0.2) is 42.5 Å². The molecule has 0 fully saturated rings. The van der Waals surface area contributed by atoms with Gasteiger partial charge >= 0.3 is 0 Å². The van der Waals surface area contributed by atoms with E-state index in [0.717, 1.165) is 11.1 Å². The largest absolute Gasteiger partial charge is 0.454 e. The fourth-order valence-electron chi connectivity index (χ4n) is 3.11. The molecule has 0 aromatic heterocycles. The Hall–Kier alpha value is -2.73. The average molecular weight is 403 g/mol. The average Bonchev–Trinajstić information content (AvgIpc) is 3.17. The first-order valence-corrected chi connectivity index (χ1v) is 9.49. The Labute approximate surface area is 169 Å². The number of nitrogens with zero attached hydrogens (tertiary/aromatic N) is 1. The van der Waals surface area contributed by atoms with Crippen LogP contribution in [0.4, 0.5) is 0 Å². The second-order valence-corrected chi connectivity index (χ2v) is 7.07. The monoisotopic (exact) mass is 402 g/mol. The minimum absolute atomic E-state index is 0.103. The Morgan fingerprint density at radius 2 is 1.93 bits per heavy atom. The summed E-state index contributed by atoms with van der Waals surface area (Å²) in [5.41, 5.74) is 1.85. The Bertz CT molecular complexity index is 871. The Morgan fingerprint density at radius 1 is 1.14 bits per heavy atom. The lowest BCUT2D eigenvalue weighted by atomic mass is 10.1. The van der Waals surface area contributed by atoms with Crippen LogP contribution in [0.25, 0.3) is 0 Å². The van der Waals surface area contributed by atoms with Crippen LogP contribution in [-0.4, -0.2) is 36.6 Å². The van der Waals surface area contributed by atoms with Crippen molar-refractivity contribution in [2.75, 3.05) is 13.8 Å². The van der Waals surface area contributed by atoms with Crippen molar-refractivity contribution in [1.82, 2.24) is 10.2 Å². The Balaban J connectivity index is 1.71. The number of benzene rings is 2. The van der Waals surface area contributed by atoms with Gasteiger partial charge in [-0.3, -0.25) is 9.59 Å². The smallest absolute Gasteiger partial charge is 0.242 e. The lowest BCUT2D eigenvalue weighted by Crippen LogP contribution is -2.46. The first kappa shape index (κ1) is 20.0. The zero-order valence-corrected chi connectivity index (χ0v) is 16.7. The summed E-state index contributed by atoms with van der Waals surface area (Å²) in [5.74, 6) is 1.09. The van der Waals surface area contributed by atoms with Gasteiger partial charge in [-0.15, -0.1) is 0 Å². The molecule has 1 heterocycles. The summed E-state index contributed by atoms with van der Waals surface area (Å²) in [5, 5.41) is 3.21. The predicted molar refractivity (Wildman–Crippen MR) is 106 cm³/mol. The summed E-state index contributed by atoms with van der Waals surface area (Å²) >= 11 is 6.06. The molecule has 3 rings (SSSR count). The lowest BCUT2D eigenvalue weighted by molar-refractivity contribution is -0.140. The van der Waals surface area contributed by atoms with Gasteiger partial charge in [0.15, 0.2) is 11.5 Å². The molecule has 0 unspecified atom stereocenters. The number of ether oxygens (including phenoxy) is 2. The Morgan fingerprint density at radius 3 is 2.68 bits per heavy atom. The molecule has 0 aliphatic carbocycles. The number of carbonyl (C=O) groups excluding carboxylic acids is 2. The lowest BCUT2D eigenvalue weighted by Gasteiger charge is -2.28. The van der Waals surface area contributed by atoms with Crippen molar-refractivity contribution in [3.05, 3.63) is 58.6 Å². The molecule has 148 valence electrons. The van der Waals surface area contributed by atoms with E-state index in [0.29, 0.717) is 29.5 Å². The van der Waals surface area contributed by atoms with Crippen molar-refractivity contribution in [2.45, 2.75) is 32.4 Å². The zero-order chi connectivity index (χ0) is 20.1. The summed E-state index contributed by atoms with van der Waals surface area (Å²) in [6, 6.07) is 12.4. The first-order valence-electron chi connectivity index (χ1n) is 9.12. The van der Waals surface area contributed by atoms with Gasteiger partial charge < -0.3 is 19.7 Å². The summed E-state index contributed by atoms with van der Waals surface area (Å²) in [6.45, 7) is 2.26. The number of carbonyl (C=O) groups is 2. The fraction of sp³-hybridized carbons (Fsp3) is 0.333. The highest BCUT2D eigenvalue weighted by atomic mass is 35.5. The number of fused-ring (bicyclic) bond motifs is 1. The number of rotatable bonds is 7.